The Hall–Kier alpha value is -3.06. The van der Waals surface area contributed by atoms with Crippen LogP contribution in [0, 0.1) is 0 Å². The Balaban J connectivity index is 1.80. The highest BCUT2D eigenvalue weighted by Gasteiger charge is 2.09. The molecule has 0 saturated heterocycles. The molecule has 2 aromatic carbocycles. The number of nitrogens with zero attached hydrogens (tertiary/aromatic N) is 2. The van der Waals surface area contributed by atoms with E-state index in [1.165, 1.54) is 0 Å². The summed E-state index contributed by atoms with van der Waals surface area (Å²) in [6.45, 7) is 1.22. The van der Waals surface area contributed by atoms with Crippen LogP contribution in [0.5, 0.6) is 11.5 Å². The van der Waals surface area contributed by atoms with E-state index >= 15 is 0 Å². The Morgan fingerprint density at radius 2 is 1.76 bits per heavy atom. The van der Waals surface area contributed by atoms with Crippen LogP contribution < -0.4 is 26.3 Å². The summed E-state index contributed by atoms with van der Waals surface area (Å²) in [4.78, 5) is 8.29. The molecule has 130 valence electrons. The molecule has 0 unspecified atom stereocenters. The minimum absolute atomic E-state index is 0.177. The number of anilines is 2. The van der Waals surface area contributed by atoms with Crippen molar-refractivity contribution in [2.75, 3.05) is 25.7 Å². The molecule has 0 aliphatic carbocycles. The number of hydrogen-bond donors (Lipinski definition) is 3. The van der Waals surface area contributed by atoms with Crippen molar-refractivity contribution in [1.29, 1.82) is 0 Å². The topological polar surface area (TPSA) is 108 Å². The first-order chi connectivity index (χ1) is 12.1. The molecule has 1 heterocycles. The minimum atomic E-state index is 0.177. The van der Waals surface area contributed by atoms with Crippen LogP contribution in [-0.2, 0) is 13.1 Å². The van der Waals surface area contributed by atoms with Crippen molar-refractivity contribution in [3.8, 4) is 11.5 Å². The van der Waals surface area contributed by atoms with Crippen LogP contribution in [0.25, 0.3) is 10.9 Å². The first-order valence-electron chi connectivity index (χ1n) is 7.84. The third-order valence-electron chi connectivity index (χ3n) is 3.97. The van der Waals surface area contributed by atoms with Crippen molar-refractivity contribution < 1.29 is 9.47 Å². The van der Waals surface area contributed by atoms with Gasteiger partial charge in [-0.1, -0.05) is 12.1 Å². The number of benzene rings is 2. The molecule has 25 heavy (non-hydrogen) atoms. The lowest BCUT2D eigenvalue weighted by atomic mass is 10.1. The van der Waals surface area contributed by atoms with Gasteiger partial charge in [0.2, 0.25) is 5.95 Å². The maximum Gasteiger partial charge on any atom is 0.222 e. The molecule has 0 aliphatic rings. The Morgan fingerprint density at radius 3 is 2.52 bits per heavy atom. The number of hydrogen-bond acceptors (Lipinski definition) is 7. The number of rotatable bonds is 6. The number of nitrogens with one attached hydrogen (secondary N) is 1. The number of methoxy groups -OCH3 is 2. The van der Waals surface area contributed by atoms with Crippen LogP contribution in [0.15, 0.2) is 36.4 Å². The van der Waals surface area contributed by atoms with Crippen LogP contribution in [0.1, 0.15) is 11.1 Å². The molecular weight excluding hydrogens is 318 g/mol. The van der Waals surface area contributed by atoms with Gasteiger partial charge in [0.25, 0.3) is 0 Å². The summed E-state index contributed by atoms with van der Waals surface area (Å²) in [6.07, 6.45) is 0. The first kappa shape index (κ1) is 16.8. The normalized spacial score (nSPS) is 10.8. The van der Waals surface area contributed by atoms with Crippen LogP contribution in [0.2, 0.25) is 0 Å². The second-order valence-corrected chi connectivity index (χ2v) is 5.56. The largest absolute Gasteiger partial charge is 0.497 e. The third-order valence-corrected chi connectivity index (χ3v) is 3.97. The zero-order valence-corrected chi connectivity index (χ0v) is 14.2. The monoisotopic (exact) mass is 339 g/mol. The van der Waals surface area contributed by atoms with Gasteiger partial charge < -0.3 is 26.3 Å². The highest BCUT2D eigenvalue weighted by Crippen LogP contribution is 2.25. The van der Waals surface area contributed by atoms with Gasteiger partial charge in [-0.15, -0.1) is 0 Å². The Labute approximate surface area is 146 Å². The number of nitrogen functional groups attached to an aromatic ring is 2. The van der Waals surface area contributed by atoms with E-state index in [0.29, 0.717) is 18.9 Å². The predicted octanol–water partition coefficient (Wildman–Crippen LogP) is 2.10. The summed E-state index contributed by atoms with van der Waals surface area (Å²) >= 11 is 0. The first-order valence-corrected chi connectivity index (χ1v) is 7.84. The van der Waals surface area contributed by atoms with Crippen molar-refractivity contribution in [2.45, 2.75) is 13.1 Å². The summed E-state index contributed by atoms with van der Waals surface area (Å²) in [5.41, 5.74) is 14.5. The maximum absolute atomic E-state index is 6.03. The van der Waals surface area contributed by atoms with Gasteiger partial charge in [0.1, 0.15) is 17.3 Å². The summed E-state index contributed by atoms with van der Waals surface area (Å²) < 4.78 is 10.7. The smallest absolute Gasteiger partial charge is 0.222 e. The molecule has 0 spiro atoms. The van der Waals surface area contributed by atoms with Gasteiger partial charge in [-0.3, -0.25) is 0 Å². The predicted molar refractivity (Wildman–Crippen MR) is 98.5 cm³/mol. The van der Waals surface area contributed by atoms with E-state index in [1.807, 2.05) is 36.4 Å². The van der Waals surface area contributed by atoms with E-state index < -0.39 is 0 Å². The van der Waals surface area contributed by atoms with Gasteiger partial charge in [-0.2, -0.15) is 4.98 Å². The van der Waals surface area contributed by atoms with E-state index in [-0.39, 0.29) is 5.95 Å². The quantitative estimate of drug-likeness (QED) is 0.631. The molecule has 0 aliphatic heterocycles. The van der Waals surface area contributed by atoms with Crippen molar-refractivity contribution >= 4 is 22.7 Å². The maximum atomic E-state index is 6.03. The van der Waals surface area contributed by atoms with Gasteiger partial charge in [0.05, 0.1) is 19.7 Å². The second kappa shape index (κ2) is 7.23. The van der Waals surface area contributed by atoms with Crippen LogP contribution in [0.4, 0.5) is 11.8 Å². The molecule has 0 bridgehead atoms. The molecule has 0 fully saturated rings. The average molecular weight is 339 g/mol. The second-order valence-electron chi connectivity index (χ2n) is 5.56. The van der Waals surface area contributed by atoms with Gasteiger partial charge in [0, 0.05) is 24.0 Å². The molecule has 3 rings (SSSR count). The van der Waals surface area contributed by atoms with E-state index in [0.717, 1.165) is 33.5 Å². The van der Waals surface area contributed by atoms with Crippen LogP contribution in [0.3, 0.4) is 0 Å². The highest BCUT2D eigenvalue weighted by molar-refractivity contribution is 5.91. The van der Waals surface area contributed by atoms with E-state index in [4.69, 9.17) is 20.9 Å². The van der Waals surface area contributed by atoms with Gasteiger partial charge in [-0.25, -0.2) is 4.98 Å². The van der Waals surface area contributed by atoms with Gasteiger partial charge in [0.15, 0.2) is 0 Å². The summed E-state index contributed by atoms with van der Waals surface area (Å²) in [5.74, 6) is 2.16. The molecule has 3 aromatic rings. The highest BCUT2D eigenvalue weighted by atomic mass is 16.5. The van der Waals surface area contributed by atoms with Crippen molar-refractivity contribution in [3.63, 3.8) is 0 Å². The molecule has 7 heteroatoms. The molecule has 7 nitrogen and oxygen atoms in total. The number of ether oxygens (including phenoxy) is 2. The molecule has 0 radical (unpaired) electrons. The van der Waals surface area contributed by atoms with E-state index in [9.17, 15) is 0 Å². The average Bonchev–Trinajstić information content (AvgIpc) is 2.61. The molecule has 5 N–H and O–H groups in total. The lowest BCUT2D eigenvalue weighted by molar-refractivity contribution is 0.397. The third kappa shape index (κ3) is 3.56. The lowest BCUT2D eigenvalue weighted by Gasteiger charge is -2.13. The molecular formula is C18H21N5O2. The Morgan fingerprint density at radius 1 is 0.960 bits per heavy atom. The Bertz CT molecular complexity index is 898. The zero-order valence-electron chi connectivity index (χ0n) is 14.2. The van der Waals surface area contributed by atoms with Crippen LogP contribution in [-0.4, -0.2) is 24.2 Å². The molecule has 0 atom stereocenters. The summed E-state index contributed by atoms with van der Waals surface area (Å²) in [6, 6.07) is 11.5. The number of fused-ring (bicyclic) bond motifs is 1. The minimum Gasteiger partial charge on any atom is -0.497 e. The lowest BCUT2D eigenvalue weighted by Crippen LogP contribution is -2.14. The molecule has 1 aromatic heterocycles. The van der Waals surface area contributed by atoms with E-state index in [1.54, 1.807) is 14.2 Å². The fourth-order valence-corrected chi connectivity index (χ4v) is 2.80. The van der Waals surface area contributed by atoms with Crippen molar-refractivity contribution in [1.82, 2.24) is 15.3 Å². The Kier molecular flexibility index (Phi) is 4.85. The number of aromatic nitrogens is 2. The molecule has 0 saturated carbocycles. The van der Waals surface area contributed by atoms with Gasteiger partial charge >= 0.3 is 0 Å². The fourth-order valence-electron chi connectivity index (χ4n) is 2.80. The molecule has 0 amide bonds. The van der Waals surface area contributed by atoms with E-state index in [2.05, 4.69) is 15.3 Å². The zero-order chi connectivity index (χ0) is 17.8. The number of nitrogens with two attached hydrogens (primary N) is 2. The van der Waals surface area contributed by atoms with Gasteiger partial charge in [-0.05, 0) is 29.8 Å². The van der Waals surface area contributed by atoms with Crippen LogP contribution >= 0.6 is 0 Å². The fraction of sp³-hybridized carbons (Fsp3) is 0.222. The SMILES string of the molecule is COc1ccc(OC)c(CNCc2cccc3nc(N)nc(N)c23)c1. The summed E-state index contributed by atoms with van der Waals surface area (Å²) in [7, 11) is 3.29. The van der Waals surface area contributed by atoms with Crippen molar-refractivity contribution in [3.05, 3.63) is 47.5 Å². The standard InChI is InChI=1S/C18H21N5O2/c1-24-13-6-7-15(25-2)12(8-13)10-21-9-11-4-3-5-14-16(11)17(19)23-18(20)22-14/h3-8,21H,9-10H2,1-2H3,(H4,19,20,22,23). The summed E-state index contributed by atoms with van der Waals surface area (Å²) in [5, 5.41) is 4.22. The van der Waals surface area contributed by atoms with Crippen molar-refractivity contribution in [2.24, 2.45) is 0 Å².